The van der Waals surface area contributed by atoms with Gasteiger partial charge in [0.05, 0.1) is 6.10 Å². The van der Waals surface area contributed by atoms with Gasteiger partial charge in [0.1, 0.15) is 0 Å². The summed E-state index contributed by atoms with van der Waals surface area (Å²) in [5.74, 6) is 0. The van der Waals surface area contributed by atoms with Crippen LogP contribution >= 0.6 is 0 Å². The zero-order chi connectivity index (χ0) is 13.7. The number of aryl methyl sites for hydroxylation is 1. The van der Waals surface area contributed by atoms with E-state index in [1.165, 1.54) is 24.0 Å². The number of likely N-dealkylation sites (tertiary alicyclic amines) is 1. The molecule has 1 aliphatic heterocycles. The quantitative estimate of drug-likeness (QED) is 0.824. The molecule has 0 saturated carbocycles. The average Bonchev–Trinajstić information content (AvgIpc) is 2.89. The minimum absolute atomic E-state index is 0.274. The van der Waals surface area contributed by atoms with Crippen LogP contribution in [0.4, 0.5) is 0 Å². The van der Waals surface area contributed by atoms with Crippen molar-refractivity contribution in [3.05, 3.63) is 35.4 Å². The van der Waals surface area contributed by atoms with Crippen LogP contribution in [0.25, 0.3) is 0 Å². The highest BCUT2D eigenvalue weighted by molar-refractivity contribution is 5.28. The van der Waals surface area contributed by atoms with E-state index in [9.17, 15) is 5.11 Å². The van der Waals surface area contributed by atoms with Crippen molar-refractivity contribution in [3.8, 4) is 0 Å². The van der Waals surface area contributed by atoms with Gasteiger partial charge in [0, 0.05) is 19.1 Å². The molecule has 2 N–H and O–H groups in total. The number of β-amino-alcohol motifs (C(OH)–C–C–N with tert-alkyl or cyclic N) is 1. The van der Waals surface area contributed by atoms with Crippen LogP contribution in [-0.4, -0.2) is 42.3 Å². The van der Waals surface area contributed by atoms with Crippen molar-refractivity contribution in [2.24, 2.45) is 0 Å². The van der Waals surface area contributed by atoms with Crippen LogP contribution in [0.1, 0.15) is 36.9 Å². The van der Waals surface area contributed by atoms with E-state index in [4.69, 9.17) is 0 Å². The lowest BCUT2D eigenvalue weighted by atomic mass is 10.0. The number of aliphatic hydroxyl groups excluding tert-OH is 1. The molecule has 2 atom stereocenters. The average molecular weight is 262 g/mol. The van der Waals surface area contributed by atoms with Crippen LogP contribution in [0.5, 0.6) is 0 Å². The molecule has 0 bridgehead atoms. The minimum atomic E-state index is -0.274. The van der Waals surface area contributed by atoms with E-state index in [2.05, 4.69) is 48.3 Å². The SMILES string of the molecule is Cc1ccccc1C(C)NCC(O)CN1CCCC1. The van der Waals surface area contributed by atoms with Crippen LogP contribution in [0, 0.1) is 6.92 Å². The molecule has 1 aromatic rings. The Labute approximate surface area is 116 Å². The molecule has 0 aromatic heterocycles. The molecular formula is C16H26N2O. The minimum Gasteiger partial charge on any atom is -0.390 e. The molecule has 0 aliphatic carbocycles. The first-order valence-corrected chi connectivity index (χ1v) is 7.36. The first-order valence-electron chi connectivity index (χ1n) is 7.36. The first kappa shape index (κ1) is 14.5. The van der Waals surface area contributed by atoms with Gasteiger partial charge >= 0.3 is 0 Å². The molecule has 2 rings (SSSR count). The van der Waals surface area contributed by atoms with Gasteiger partial charge in [-0.25, -0.2) is 0 Å². The number of nitrogens with zero attached hydrogens (tertiary/aromatic N) is 1. The van der Waals surface area contributed by atoms with E-state index in [1.807, 2.05) is 0 Å². The molecule has 1 saturated heterocycles. The third-order valence-electron chi connectivity index (χ3n) is 3.98. The van der Waals surface area contributed by atoms with E-state index < -0.39 is 0 Å². The van der Waals surface area contributed by atoms with Crippen LogP contribution in [0.2, 0.25) is 0 Å². The van der Waals surface area contributed by atoms with Gasteiger partial charge in [0.15, 0.2) is 0 Å². The van der Waals surface area contributed by atoms with E-state index >= 15 is 0 Å². The number of aliphatic hydroxyl groups is 1. The van der Waals surface area contributed by atoms with Gasteiger partial charge in [-0.3, -0.25) is 0 Å². The Hall–Kier alpha value is -0.900. The standard InChI is InChI=1S/C16H26N2O/c1-13-7-3-4-8-16(13)14(2)17-11-15(19)12-18-9-5-6-10-18/h3-4,7-8,14-15,17,19H,5-6,9-12H2,1-2H3. The summed E-state index contributed by atoms with van der Waals surface area (Å²) in [4.78, 5) is 2.35. The summed E-state index contributed by atoms with van der Waals surface area (Å²) in [5, 5.41) is 13.5. The molecule has 1 aromatic carbocycles. The summed E-state index contributed by atoms with van der Waals surface area (Å²) in [5.41, 5.74) is 2.62. The monoisotopic (exact) mass is 262 g/mol. The Morgan fingerprint density at radius 1 is 1.26 bits per heavy atom. The summed E-state index contributed by atoms with van der Waals surface area (Å²) in [7, 11) is 0. The van der Waals surface area contributed by atoms with Crippen molar-refractivity contribution >= 4 is 0 Å². The van der Waals surface area contributed by atoms with E-state index in [1.54, 1.807) is 0 Å². The van der Waals surface area contributed by atoms with Crippen LogP contribution < -0.4 is 5.32 Å². The topological polar surface area (TPSA) is 35.5 Å². The van der Waals surface area contributed by atoms with Crippen molar-refractivity contribution in [3.63, 3.8) is 0 Å². The van der Waals surface area contributed by atoms with Crippen molar-refractivity contribution in [1.29, 1.82) is 0 Å². The second-order valence-electron chi connectivity index (χ2n) is 5.65. The maximum Gasteiger partial charge on any atom is 0.0791 e. The van der Waals surface area contributed by atoms with Gasteiger partial charge in [-0.05, 0) is 50.9 Å². The van der Waals surface area contributed by atoms with E-state index in [-0.39, 0.29) is 12.1 Å². The third kappa shape index (κ3) is 4.30. The molecule has 1 heterocycles. The van der Waals surface area contributed by atoms with Crippen LogP contribution in [-0.2, 0) is 0 Å². The maximum absolute atomic E-state index is 10.1. The fraction of sp³-hybridized carbons (Fsp3) is 0.625. The summed E-state index contributed by atoms with van der Waals surface area (Å²) < 4.78 is 0. The molecule has 106 valence electrons. The molecular weight excluding hydrogens is 236 g/mol. The third-order valence-corrected chi connectivity index (χ3v) is 3.98. The molecule has 2 unspecified atom stereocenters. The fourth-order valence-corrected chi connectivity index (χ4v) is 2.82. The van der Waals surface area contributed by atoms with Crippen molar-refractivity contribution in [2.75, 3.05) is 26.2 Å². The van der Waals surface area contributed by atoms with Crippen molar-refractivity contribution in [2.45, 2.75) is 38.8 Å². The number of hydrogen-bond acceptors (Lipinski definition) is 3. The summed E-state index contributed by atoms with van der Waals surface area (Å²) in [6, 6.07) is 8.71. The Morgan fingerprint density at radius 3 is 2.63 bits per heavy atom. The molecule has 0 radical (unpaired) electrons. The highest BCUT2D eigenvalue weighted by Crippen LogP contribution is 2.16. The van der Waals surface area contributed by atoms with Crippen molar-refractivity contribution in [1.82, 2.24) is 10.2 Å². The van der Waals surface area contributed by atoms with Gasteiger partial charge in [0.25, 0.3) is 0 Å². The zero-order valence-corrected chi connectivity index (χ0v) is 12.1. The lowest BCUT2D eigenvalue weighted by Gasteiger charge is -2.22. The summed E-state index contributed by atoms with van der Waals surface area (Å²) in [6.45, 7) is 8.04. The largest absolute Gasteiger partial charge is 0.390 e. The summed E-state index contributed by atoms with van der Waals surface area (Å²) in [6.07, 6.45) is 2.28. The molecule has 3 nitrogen and oxygen atoms in total. The van der Waals surface area contributed by atoms with Gasteiger partial charge in [-0.1, -0.05) is 24.3 Å². The second-order valence-corrected chi connectivity index (χ2v) is 5.65. The fourth-order valence-electron chi connectivity index (χ4n) is 2.82. The number of benzene rings is 1. The van der Waals surface area contributed by atoms with Gasteiger partial charge in [0.2, 0.25) is 0 Å². The van der Waals surface area contributed by atoms with E-state index in [0.29, 0.717) is 6.54 Å². The summed E-state index contributed by atoms with van der Waals surface area (Å²) >= 11 is 0. The highest BCUT2D eigenvalue weighted by Gasteiger charge is 2.16. The normalized spacial score (nSPS) is 19.5. The van der Waals surface area contributed by atoms with Gasteiger partial charge < -0.3 is 15.3 Å². The Balaban J connectivity index is 1.76. The molecule has 3 heteroatoms. The Morgan fingerprint density at radius 2 is 1.95 bits per heavy atom. The zero-order valence-electron chi connectivity index (χ0n) is 12.1. The van der Waals surface area contributed by atoms with E-state index in [0.717, 1.165) is 19.6 Å². The molecule has 1 aliphatic rings. The number of hydrogen-bond donors (Lipinski definition) is 2. The Kier molecular flexibility index (Phi) is 5.37. The molecule has 1 fully saturated rings. The highest BCUT2D eigenvalue weighted by atomic mass is 16.3. The second kappa shape index (κ2) is 7.04. The number of rotatable bonds is 6. The predicted molar refractivity (Wildman–Crippen MR) is 79.3 cm³/mol. The lowest BCUT2D eigenvalue weighted by molar-refractivity contribution is 0.121. The predicted octanol–water partition coefficient (Wildman–Crippen LogP) is 2.10. The molecule has 19 heavy (non-hydrogen) atoms. The molecule has 0 amide bonds. The van der Waals surface area contributed by atoms with Gasteiger partial charge in [-0.15, -0.1) is 0 Å². The lowest BCUT2D eigenvalue weighted by Crippen LogP contribution is -2.37. The van der Waals surface area contributed by atoms with Gasteiger partial charge in [-0.2, -0.15) is 0 Å². The van der Waals surface area contributed by atoms with Crippen LogP contribution in [0.15, 0.2) is 24.3 Å². The number of nitrogens with one attached hydrogen (secondary N) is 1. The maximum atomic E-state index is 10.1. The van der Waals surface area contributed by atoms with Crippen LogP contribution in [0.3, 0.4) is 0 Å². The smallest absolute Gasteiger partial charge is 0.0791 e. The molecule has 0 spiro atoms. The van der Waals surface area contributed by atoms with Crippen molar-refractivity contribution < 1.29 is 5.11 Å². The first-order chi connectivity index (χ1) is 9.16. The Bertz CT molecular complexity index is 388.